The van der Waals surface area contributed by atoms with Crippen molar-refractivity contribution >= 4 is 7.92 Å². The van der Waals surface area contributed by atoms with Crippen molar-refractivity contribution in [3.8, 4) is 0 Å². The van der Waals surface area contributed by atoms with Gasteiger partial charge in [-0.1, -0.05) is 35.6 Å². The van der Waals surface area contributed by atoms with Crippen molar-refractivity contribution in [1.82, 2.24) is 0 Å². The largest absolute Gasteiger partial charge is 0.0983 e. The minimum atomic E-state index is 0.373. The average molecular weight is 158 g/mol. The molecule has 10 heavy (non-hydrogen) atoms. The zero-order valence-corrected chi connectivity index (χ0v) is 8.49. The van der Waals surface area contributed by atoms with Gasteiger partial charge in [-0.05, 0) is 29.8 Å². The molecule has 0 unspecified atom stereocenters. The van der Waals surface area contributed by atoms with Crippen LogP contribution in [0, 0.1) is 0 Å². The fourth-order valence-electron chi connectivity index (χ4n) is 2.23. The Bertz CT molecular complexity index is 99.3. The summed E-state index contributed by atoms with van der Waals surface area (Å²) in [5.74, 6) is 0. The van der Waals surface area contributed by atoms with Gasteiger partial charge >= 0.3 is 0 Å². The Morgan fingerprint density at radius 3 is 1.70 bits per heavy atom. The molecule has 0 radical (unpaired) electrons. The second kappa shape index (κ2) is 3.22. The Morgan fingerprint density at radius 1 is 1.10 bits per heavy atom. The maximum atomic E-state index is 2.44. The van der Waals surface area contributed by atoms with Gasteiger partial charge in [-0.2, -0.15) is 0 Å². The lowest BCUT2D eigenvalue weighted by Gasteiger charge is -2.24. The highest BCUT2D eigenvalue weighted by Gasteiger charge is 2.31. The van der Waals surface area contributed by atoms with Crippen LogP contribution in [0.25, 0.3) is 0 Å². The fraction of sp³-hybridized carbons (Fsp3) is 1.00. The van der Waals surface area contributed by atoms with E-state index in [0.717, 1.165) is 17.0 Å². The van der Waals surface area contributed by atoms with E-state index in [2.05, 4.69) is 27.7 Å². The van der Waals surface area contributed by atoms with Gasteiger partial charge in [0.15, 0.2) is 0 Å². The lowest BCUT2D eigenvalue weighted by atomic mass is 10.2. The van der Waals surface area contributed by atoms with Crippen LogP contribution in [0.2, 0.25) is 0 Å². The van der Waals surface area contributed by atoms with Gasteiger partial charge in [0, 0.05) is 0 Å². The van der Waals surface area contributed by atoms with Crippen molar-refractivity contribution in [3.63, 3.8) is 0 Å². The lowest BCUT2D eigenvalue weighted by molar-refractivity contribution is 0.777. The van der Waals surface area contributed by atoms with Gasteiger partial charge in [0.1, 0.15) is 0 Å². The molecule has 0 saturated carbocycles. The molecule has 0 N–H and O–H groups in total. The molecule has 2 atom stereocenters. The van der Waals surface area contributed by atoms with E-state index in [4.69, 9.17) is 0 Å². The standard InChI is InChI=1S/C9H19P/c1-7(2)10-8(3)5-6-9(10)4/h7-9H,5-6H2,1-4H3/t8-,9-/m0/s1. The zero-order valence-electron chi connectivity index (χ0n) is 7.59. The molecule has 1 rings (SSSR count). The van der Waals surface area contributed by atoms with E-state index in [0.29, 0.717) is 7.92 Å². The molecule has 1 heterocycles. The maximum absolute atomic E-state index is 2.44. The molecule has 0 bridgehead atoms. The summed E-state index contributed by atoms with van der Waals surface area (Å²) in [6.07, 6.45) is 2.98. The van der Waals surface area contributed by atoms with E-state index >= 15 is 0 Å². The summed E-state index contributed by atoms with van der Waals surface area (Å²) in [7, 11) is 0.373. The van der Waals surface area contributed by atoms with Crippen molar-refractivity contribution in [2.45, 2.75) is 57.5 Å². The molecule has 1 aliphatic rings. The minimum absolute atomic E-state index is 0.373. The predicted octanol–water partition coefficient (Wildman–Crippen LogP) is 3.45. The Labute approximate surface area is 66.2 Å². The topological polar surface area (TPSA) is 0 Å². The van der Waals surface area contributed by atoms with Gasteiger partial charge in [0.2, 0.25) is 0 Å². The van der Waals surface area contributed by atoms with Crippen LogP contribution in [0.15, 0.2) is 0 Å². The molecule has 0 amide bonds. The molecule has 0 aromatic rings. The summed E-state index contributed by atoms with van der Waals surface area (Å²) in [4.78, 5) is 0. The van der Waals surface area contributed by atoms with Crippen LogP contribution in [0.1, 0.15) is 40.5 Å². The molecule has 0 aromatic heterocycles. The summed E-state index contributed by atoms with van der Waals surface area (Å²) < 4.78 is 0. The molecule has 0 spiro atoms. The molecule has 60 valence electrons. The number of hydrogen-bond acceptors (Lipinski definition) is 0. The predicted molar refractivity (Wildman–Crippen MR) is 50.2 cm³/mol. The van der Waals surface area contributed by atoms with E-state index in [1.54, 1.807) is 0 Å². The first-order valence-corrected chi connectivity index (χ1v) is 5.95. The summed E-state index contributed by atoms with van der Waals surface area (Å²) in [5, 5.41) is 0. The highest BCUT2D eigenvalue weighted by molar-refractivity contribution is 7.60. The van der Waals surface area contributed by atoms with Crippen molar-refractivity contribution < 1.29 is 0 Å². The van der Waals surface area contributed by atoms with Crippen molar-refractivity contribution in [3.05, 3.63) is 0 Å². The van der Waals surface area contributed by atoms with Crippen molar-refractivity contribution in [1.29, 1.82) is 0 Å². The lowest BCUT2D eigenvalue weighted by Crippen LogP contribution is -2.05. The SMILES string of the molecule is CC(C)P1[C@@H](C)CC[C@@H]1C. The van der Waals surface area contributed by atoms with Gasteiger partial charge < -0.3 is 0 Å². The first kappa shape index (κ1) is 8.53. The van der Waals surface area contributed by atoms with Crippen LogP contribution in [0.5, 0.6) is 0 Å². The average Bonchev–Trinajstić information content (AvgIpc) is 2.11. The molecule has 0 nitrogen and oxygen atoms in total. The van der Waals surface area contributed by atoms with Crippen LogP contribution < -0.4 is 0 Å². The van der Waals surface area contributed by atoms with Gasteiger partial charge in [0.05, 0.1) is 0 Å². The monoisotopic (exact) mass is 158 g/mol. The highest BCUT2D eigenvalue weighted by atomic mass is 31.1. The second-order valence-electron chi connectivity index (χ2n) is 3.82. The van der Waals surface area contributed by atoms with Crippen LogP contribution in [0.3, 0.4) is 0 Å². The fourth-order valence-corrected chi connectivity index (χ4v) is 6.03. The summed E-state index contributed by atoms with van der Waals surface area (Å²) in [6.45, 7) is 9.67. The van der Waals surface area contributed by atoms with Gasteiger partial charge in [-0.25, -0.2) is 0 Å². The Morgan fingerprint density at radius 2 is 1.50 bits per heavy atom. The van der Waals surface area contributed by atoms with Crippen LogP contribution in [-0.4, -0.2) is 17.0 Å². The van der Waals surface area contributed by atoms with Crippen LogP contribution in [-0.2, 0) is 0 Å². The first-order chi connectivity index (χ1) is 4.63. The van der Waals surface area contributed by atoms with Crippen molar-refractivity contribution in [2.24, 2.45) is 0 Å². The molecule has 1 aliphatic heterocycles. The van der Waals surface area contributed by atoms with Crippen LogP contribution >= 0.6 is 7.92 Å². The Balaban J connectivity index is 2.54. The molecule has 0 aliphatic carbocycles. The van der Waals surface area contributed by atoms with Crippen LogP contribution in [0.4, 0.5) is 0 Å². The Hall–Kier alpha value is 0.430. The highest BCUT2D eigenvalue weighted by Crippen LogP contribution is 2.58. The third-order valence-electron chi connectivity index (χ3n) is 2.62. The third kappa shape index (κ3) is 1.53. The summed E-state index contributed by atoms with van der Waals surface area (Å²) in [5.41, 5.74) is 3.05. The van der Waals surface area contributed by atoms with E-state index in [-0.39, 0.29) is 0 Å². The minimum Gasteiger partial charge on any atom is -0.0983 e. The smallest absolute Gasteiger partial charge is 0.0233 e. The van der Waals surface area contributed by atoms with Crippen molar-refractivity contribution in [2.75, 3.05) is 0 Å². The van der Waals surface area contributed by atoms with Gasteiger partial charge in [-0.3, -0.25) is 0 Å². The van der Waals surface area contributed by atoms with Gasteiger partial charge in [-0.15, -0.1) is 0 Å². The molecule has 1 fully saturated rings. The van der Waals surface area contributed by atoms with E-state index in [9.17, 15) is 0 Å². The van der Waals surface area contributed by atoms with E-state index < -0.39 is 0 Å². The molecule has 1 saturated heterocycles. The number of hydrogen-bond donors (Lipinski definition) is 0. The van der Waals surface area contributed by atoms with E-state index in [1.807, 2.05) is 0 Å². The third-order valence-corrected chi connectivity index (χ3v) is 6.36. The maximum Gasteiger partial charge on any atom is -0.0233 e. The van der Waals surface area contributed by atoms with E-state index in [1.165, 1.54) is 12.8 Å². The Kier molecular flexibility index (Phi) is 2.74. The van der Waals surface area contributed by atoms with Gasteiger partial charge in [0.25, 0.3) is 0 Å². The summed E-state index contributed by atoms with van der Waals surface area (Å²) in [6, 6.07) is 0. The second-order valence-corrected chi connectivity index (χ2v) is 7.51. The normalized spacial score (nSPS) is 35.7. The first-order valence-electron chi connectivity index (χ1n) is 4.40. The molecule has 0 aromatic carbocycles. The quantitative estimate of drug-likeness (QED) is 0.513. The number of rotatable bonds is 1. The summed E-state index contributed by atoms with van der Waals surface area (Å²) >= 11 is 0. The molecular weight excluding hydrogens is 139 g/mol. The molecular formula is C9H19P. The molecule has 1 heteroatoms. The zero-order chi connectivity index (χ0) is 7.72.